The number of aryl methyl sites for hydroxylation is 1. The highest BCUT2D eigenvalue weighted by Gasteiger charge is 2.21. The molecule has 0 saturated heterocycles. The first kappa shape index (κ1) is 18.0. The van der Waals surface area contributed by atoms with E-state index in [1.807, 2.05) is 25.1 Å². The molecule has 26 heavy (non-hydrogen) atoms. The lowest BCUT2D eigenvalue weighted by Crippen LogP contribution is -2.30. The average Bonchev–Trinajstić information content (AvgIpc) is 2.97. The summed E-state index contributed by atoms with van der Waals surface area (Å²) in [6, 6.07) is 11.4. The second-order valence-corrected chi connectivity index (χ2v) is 6.98. The van der Waals surface area contributed by atoms with Gasteiger partial charge in [0, 0.05) is 17.8 Å². The third-order valence-corrected chi connectivity index (χ3v) is 4.61. The van der Waals surface area contributed by atoms with Gasteiger partial charge in [-0.25, -0.2) is 0 Å². The van der Waals surface area contributed by atoms with Crippen LogP contribution in [0.25, 0.3) is 0 Å². The van der Waals surface area contributed by atoms with E-state index in [-0.39, 0.29) is 11.8 Å². The van der Waals surface area contributed by atoms with Gasteiger partial charge in [0.1, 0.15) is 5.75 Å². The Hall–Kier alpha value is -2.82. The summed E-state index contributed by atoms with van der Waals surface area (Å²) < 4.78 is 5.89. The SMILES string of the molecule is Cc1ccc(C(C)C)cc1OC(C)C(=O)Nc1ccc2c(c1)C(=O)NC2. The lowest BCUT2D eigenvalue weighted by molar-refractivity contribution is -0.122. The molecule has 2 amide bonds. The van der Waals surface area contributed by atoms with Crippen molar-refractivity contribution >= 4 is 17.5 Å². The molecule has 1 heterocycles. The van der Waals surface area contributed by atoms with Crippen molar-refractivity contribution in [3.63, 3.8) is 0 Å². The number of carbonyl (C=O) groups excluding carboxylic acids is 2. The Morgan fingerprint density at radius 3 is 2.65 bits per heavy atom. The van der Waals surface area contributed by atoms with E-state index in [0.29, 0.717) is 29.5 Å². The van der Waals surface area contributed by atoms with Crippen molar-refractivity contribution < 1.29 is 14.3 Å². The molecule has 0 aliphatic carbocycles. The Bertz CT molecular complexity index is 858. The molecule has 3 rings (SSSR count). The van der Waals surface area contributed by atoms with Crippen LogP contribution in [0.15, 0.2) is 36.4 Å². The van der Waals surface area contributed by atoms with Crippen LogP contribution in [0.2, 0.25) is 0 Å². The van der Waals surface area contributed by atoms with E-state index in [2.05, 4.69) is 30.5 Å². The molecule has 0 fully saturated rings. The maximum absolute atomic E-state index is 12.5. The fraction of sp³-hybridized carbons (Fsp3) is 0.333. The van der Waals surface area contributed by atoms with Crippen LogP contribution in [0.5, 0.6) is 5.75 Å². The number of carbonyl (C=O) groups is 2. The highest BCUT2D eigenvalue weighted by atomic mass is 16.5. The topological polar surface area (TPSA) is 67.4 Å². The molecule has 2 N–H and O–H groups in total. The number of ether oxygens (including phenoxy) is 1. The zero-order valence-corrected chi connectivity index (χ0v) is 15.6. The van der Waals surface area contributed by atoms with Crippen molar-refractivity contribution in [1.29, 1.82) is 0 Å². The minimum atomic E-state index is -0.654. The van der Waals surface area contributed by atoms with Crippen molar-refractivity contribution in [3.8, 4) is 5.75 Å². The summed E-state index contributed by atoms with van der Waals surface area (Å²) >= 11 is 0. The number of hydrogen-bond acceptors (Lipinski definition) is 3. The van der Waals surface area contributed by atoms with Crippen molar-refractivity contribution in [2.24, 2.45) is 0 Å². The molecule has 1 atom stereocenters. The molecule has 1 aliphatic rings. The molecule has 5 heteroatoms. The smallest absolute Gasteiger partial charge is 0.265 e. The van der Waals surface area contributed by atoms with Crippen LogP contribution in [-0.2, 0) is 11.3 Å². The minimum Gasteiger partial charge on any atom is -0.481 e. The van der Waals surface area contributed by atoms with Gasteiger partial charge in [-0.2, -0.15) is 0 Å². The molecule has 2 aromatic rings. The van der Waals surface area contributed by atoms with Crippen molar-refractivity contribution in [1.82, 2.24) is 5.32 Å². The lowest BCUT2D eigenvalue weighted by Gasteiger charge is -2.18. The van der Waals surface area contributed by atoms with E-state index in [0.717, 1.165) is 11.1 Å². The first-order chi connectivity index (χ1) is 12.3. The molecule has 0 saturated carbocycles. The molecular formula is C21H24N2O3. The Balaban J connectivity index is 1.70. The fourth-order valence-corrected chi connectivity index (χ4v) is 2.88. The van der Waals surface area contributed by atoms with E-state index in [4.69, 9.17) is 4.74 Å². The van der Waals surface area contributed by atoms with Gasteiger partial charge in [0.25, 0.3) is 11.8 Å². The summed E-state index contributed by atoms with van der Waals surface area (Å²) in [6.07, 6.45) is -0.654. The molecular weight excluding hydrogens is 328 g/mol. The van der Waals surface area contributed by atoms with Crippen LogP contribution >= 0.6 is 0 Å². The monoisotopic (exact) mass is 352 g/mol. The lowest BCUT2D eigenvalue weighted by atomic mass is 10.0. The predicted octanol–water partition coefficient (Wildman–Crippen LogP) is 3.77. The van der Waals surface area contributed by atoms with Crippen LogP contribution in [0.4, 0.5) is 5.69 Å². The number of nitrogens with one attached hydrogen (secondary N) is 2. The number of hydrogen-bond donors (Lipinski definition) is 2. The number of rotatable bonds is 5. The maximum atomic E-state index is 12.5. The molecule has 0 radical (unpaired) electrons. The highest BCUT2D eigenvalue weighted by Crippen LogP contribution is 2.26. The molecule has 136 valence electrons. The minimum absolute atomic E-state index is 0.110. The average molecular weight is 352 g/mol. The third-order valence-electron chi connectivity index (χ3n) is 4.61. The molecule has 1 unspecified atom stereocenters. The number of fused-ring (bicyclic) bond motifs is 1. The van der Waals surface area contributed by atoms with E-state index in [1.165, 1.54) is 5.56 Å². The van der Waals surface area contributed by atoms with Gasteiger partial charge in [-0.3, -0.25) is 9.59 Å². The molecule has 5 nitrogen and oxygen atoms in total. The van der Waals surface area contributed by atoms with Gasteiger partial charge >= 0.3 is 0 Å². The summed E-state index contributed by atoms with van der Waals surface area (Å²) in [6.45, 7) is 8.45. The first-order valence-corrected chi connectivity index (χ1v) is 8.84. The maximum Gasteiger partial charge on any atom is 0.265 e. The molecule has 0 spiro atoms. The van der Waals surface area contributed by atoms with Crippen molar-refractivity contribution in [2.75, 3.05) is 5.32 Å². The summed E-state index contributed by atoms with van der Waals surface area (Å²) in [5, 5.41) is 5.59. The number of anilines is 1. The second kappa shape index (κ2) is 7.20. The van der Waals surface area contributed by atoms with Crippen LogP contribution in [0.3, 0.4) is 0 Å². The largest absolute Gasteiger partial charge is 0.481 e. The Kier molecular flexibility index (Phi) is 4.98. The summed E-state index contributed by atoms with van der Waals surface area (Å²) in [7, 11) is 0. The Morgan fingerprint density at radius 2 is 1.92 bits per heavy atom. The van der Waals surface area contributed by atoms with Gasteiger partial charge in [0.2, 0.25) is 0 Å². The standard InChI is InChI=1S/C21H24N2O3/c1-12(2)15-6-5-13(3)19(9-15)26-14(4)20(24)23-17-8-7-16-11-22-21(25)18(16)10-17/h5-10,12,14H,11H2,1-4H3,(H,22,25)(H,23,24). The van der Waals surface area contributed by atoms with Crippen molar-refractivity contribution in [3.05, 3.63) is 58.7 Å². The van der Waals surface area contributed by atoms with Gasteiger partial charge in [-0.05, 0) is 54.7 Å². The van der Waals surface area contributed by atoms with Gasteiger partial charge in [0.15, 0.2) is 6.10 Å². The zero-order valence-electron chi connectivity index (χ0n) is 15.6. The van der Waals surface area contributed by atoms with Gasteiger partial charge in [-0.15, -0.1) is 0 Å². The zero-order chi connectivity index (χ0) is 18.8. The highest BCUT2D eigenvalue weighted by molar-refractivity contribution is 6.01. The first-order valence-electron chi connectivity index (χ1n) is 8.84. The molecule has 0 bridgehead atoms. The Morgan fingerprint density at radius 1 is 1.15 bits per heavy atom. The Labute approximate surface area is 153 Å². The van der Waals surface area contributed by atoms with E-state index >= 15 is 0 Å². The van der Waals surface area contributed by atoms with Gasteiger partial charge in [0.05, 0.1) is 0 Å². The van der Waals surface area contributed by atoms with Crippen molar-refractivity contribution in [2.45, 2.75) is 46.3 Å². The number of amides is 2. The summed E-state index contributed by atoms with van der Waals surface area (Å²) in [4.78, 5) is 24.2. The van der Waals surface area contributed by atoms with E-state index in [1.54, 1.807) is 19.1 Å². The van der Waals surface area contributed by atoms with Crippen LogP contribution in [0, 0.1) is 6.92 Å². The summed E-state index contributed by atoms with van der Waals surface area (Å²) in [5.74, 6) is 0.742. The fourth-order valence-electron chi connectivity index (χ4n) is 2.88. The van der Waals surface area contributed by atoms with E-state index < -0.39 is 6.10 Å². The quantitative estimate of drug-likeness (QED) is 0.861. The van der Waals surface area contributed by atoms with Gasteiger partial charge < -0.3 is 15.4 Å². The second-order valence-electron chi connectivity index (χ2n) is 6.98. The summed E-state index contributed by atoms with van der Waals surface area (Å²) in [5.41, 5.74) is 4.30. The third kappa shape index (κ3) is 3.72. The van der Waals surface area contributed by atoms with Gasteiger partial charge in [-0.1, -0.05) is 32.0 Å². The molecule has 2 aromatic carbocycles. The van der Waals surface area contributed by atoms with Crippen LogP contribution in [0.1, 0.15) is 53.7 Å². The van der Waals surface area contributed by atoms with E-state index in [9.17, 15) is 9.59 Å². The van der Waals surface area contributed by atoms with Crippen LogP contribution < -0.4 is 15.4 Å². The predicted molar refractivity (Wildman–Crippen MR) is 102 cm³/mol. The number of benzene rings is 2. The molecule has 1 aliphatic heterocycles. The molecule has 0 aromatic heterocycles. The van der Waals surface area contributed by atoms with Crippen LogP contribution in [-0.4, -0.2) is 17.9 Å². The normalized spacial score (nSPS) is 14.0.